The summed E-state index contributed by atoms with van der Waals surface area (Å²) in [7, 11) is 0. The van der Waals surface area contributed by atoms with Gasteiger partial charge >= 0.3 is 11.9 Å². The molecule has 0 N–H and O–H groups in total. The maximum atomic E-state index is 12.4. The van der Waals surface area contributed by atoms with E-state index in [2.05, 4.69) is 4.98 Å². The highest BCUT2D eigenvalue weighted by molar-refractivity contribution is 5.95. The van der Waals surface area contributed by atoms with Crippen molar-refractivity contribution in [2.45, 2.75) is 59.2 Å². The Balaban J connectivity index is 2.94. The monoisotopic (exact) mass is 307 g/mol. The summed E-state index contributed by atoms with van der Waals surface area (Å²) in [6, 6.07) is 3.53. The first kappa shape index (κ1) is 18.1. The van der Waals surface area contributed by atoms with Gasteiger partial charge in [0.1, 0.15) is 11.2 Å². The fourth-order valence-corrected chi connectivity index (χ4v) is 1.76. The molecule has 0 fully saturated rings. The van der Waals surface area contributed by atoms with Crippen molar-refractivity contribution in [3.05, 3.63) is 30.1 Å². The highest BCUT2D eigenvalue weighted by Crippen LogP contribution is 2.19. The molecule has 1 heterocycles. The smallest absolute Gasteiger partial charge is 0.321 e. The summed E-state index contributed by atoms with van der Waals surface area (Å²) < 4.78 is 10.7. The van der Waals surface area contributed by atoms with E-state index in [1.807, 2.05) is 0 Å². The van der Waals surface area contributed by atoms with Crippen LogP contribution in [0.4, 0.5) is 0 Å². The lowest BCUT2D eigenvalue weighted by atomic mass is 9.99. The highest BCUT2D eigenvalue weighted by Gasteiger charge is 2.34. The van der Waals surface area contributed by atoms with Crippen LogP contribution in [-0.4, -0.2) is 28.1 Å². The van der Waals surface area contributed by atoms with Gasteiger partial charge in [-0.25, -0.2) is 0 Å². The normalized spacial score (nSPS) is 12.1. The average Bonchev–Trinajstić information content (AvgIpc) is 2.32. The first-order chi connectivity index (χ1) is 9.98. The molecule has 0 atom stereocenters. The Labute approximate surface area is 132 Å². The van der Waals surface area contributed by atoms with Crippen LogP contribution in [0.2, 0.25) is 0 Å². The van der Waals surface area contributed by atoms with Crippen molar-refractivity contribution >= 4 is 11.9 Å². The molecule has 0 saturated carbocycles. The first-order valence-corrected chi connectivity index (χ1v) is 7.32. The molecule has 122 valence electrons. The van der Waals surface area contributed by atoms with E-state index in [9.17, 15) is 9.59 Å². The topological polar surface area (TPSA) is 65.5 Å². The number of nitrogens with zero attached hydrogens (tertiary/aromatic N) is 1. The number of hydrogen-bond acceptors (Lipinski definition) is 5. The van der Waals surface area contributed by atoms with Crippen LogP contribution >= 0.6 is 0 Å². The molecule has 0 unspecified atom stereocenters. The summed E-state index contributed by atoms with van der Waals surface area (Å²) in [4.78, 5) is 28.6. The van der Waals surface area contributed by atoms with E-state index < -0.39 is 29.1 Å². The summed E-state index contributed by atoms with van der Waals surface area (Å²) in [6.07, 6.45) is 3.47. The van der Waals surface area contributed by atoms with Crippen LogP contribution in [-0.2, 0) is 25.5 Å². The van der Waals surface area contributed by atoms with Gasteiger partial charge in [-0.3, -0.25) is 14.6 Å². The molecule has 0 aliphatic rings. The molecule has 22 heavy (non-hydrogen) atoms. The summed E-state index contributed by atoms with van der Waals surface area (Å²) in [5.74, 6) is -2.13. The Morgan fingerprint density at radius 3 is 1.73 bits per heavy atom. The number of carbonyl (C=O) groups excluding carboxylic acids is 2. The van der Waals surface area contributed by atoms with Gasteiger partial charge in [0.2, 0.25) is 0 Å². The SMILES string of the molecule is CC(C)(C)OC(=O)C(Cc1ccncc1)C(=O)OC(C)(C)C. The van der Waals surface area contributed by atoms with Gasteiger partial charge in [-0.1, -0.05) is 0 Å². The Hall–Kier alpha value is -1.91. The Morgan fingerprint density at radius 2 is 1.36 bits per heavy atom. The molecule has 0 radical (unpaired) electrons. The van der Waals surface area contributed by atoms with Crippen LogP contribution in [0.1, 0.15) is 47.1 Å². The zero-order valence-corrected chi connectivity index (χ0v) is 14.2. The number of aromatic nitrogens is 1. The van der Waals surface area contributed by atoms with E-state index in [0.29, 0.717) is 0 Å². The molecular weight excluding hydrogens is 282 g/mol. The molecule has 1 rings (SSSR count). The molecule has 1 aromatic heterocycles. The predicted molar refractivity (Wildman–Crippen MR) is 83.1 cm³/mol. The van der Waals surface area contributed by atoms with Gasteiger partial charge in [0.25, 0.3) is 0 Å². The number of esters is 2. The summed E-state index contributed by atoms with van der Waals surface area (Å²) >= 11 is 0. The van der Waals surface area contributed by atoms with Crippen LogP contribution in [0.5, 0.6) is 0 Å². The minimum Gasteiger partial charge on any atom is -0.459 e. The van der Waals surface area contributed by atoms with E-state index in [1.54, 1.807) is 66.1 Å². The molecule has 1 aromatic rings. The van der Waals surface area contributed by atoms with Crippen LogP contribution in [0.3, 0.4) is 0 Å². The van der Waals surface area contributed by atoms with Crippen LogP contribution in [0, 0.1) is 5.92 Å². The van der Waals surface area contributed by atoms with E-state index in [4.69, 9.17) is 9.47 Å². The second kappa shape index (κ2) is 6.90. The van der Waals surface area contributed by atoms with Crippen molar-refractivity contribution in [2.24, 2.45) is 5.92 Å². The lowest BCUT2D eigenvalue weighted by Crippen LogP contribution is -2.38. The summed E-state index contributed by atoms with van der Waals surface area (Å²) in [6.45, 7) is 10.6. The van der Waals surface area contributed by atoms with Gasteiger partial charge < -0.3 is 9.47 Å². The van der Waals surface area contributed by atoms with Gasteiger partial charge in [-0.05, 0) is 65.7 Å². The number of pyridine rings is 1. The van der Waals surface area contributed by atoms with Crippen molar-refractivity contribution in [1.82, 2.24) is 4.98 Å². The molecule has 0 amide bonds. The van der Waals surface area contributed by atoms with Crippen molar-refractivity contribution < 1.29 is 19.1 Å². The van der Waals surface area contributed by atoms with Crippen molar-refractivity contribution in [3.8, 4) is 0 Å². The van der Waals surface area contributed by atoms with Crippen molar-refractivity contribution in [1.29, 1.82) is 0 Å². The molecule has 0 aliphatic heterocycles. The fraction of sp³-hybridized carbons (Fsp3) is 0.588. The molecular formula is C17H25NO4. The number of rotatable bonds is 4. The molecule has 0 bridgehead atoms. The third kappa shape index (κ3) is 6.70. The standard InChI is InChI=1S/C17H25NO4/c1-16(2,3)21-14(19)13(15(20)22-17(4,5)6)11-12-7-9-18-10-8-12/h7-10,13H,11H2,1-6H3. The maximum absolute atomic E-state index is 12.4. The molecule has 5 heteroatoms. The first-order valence-electron chi connectivity index (χ1n) is 7.32. The van der Waals surface area contributed by atoms with E-state index in [-0.39, 0.29) is 6.42 Å². The molecule has 0 aliphatic carbocycles. The number of ether oxygens (including phenoxy) is 2. The van der Waals surface area contributed by atoms with Crippen LogP contribution < -0.4 is 0 Å². The summed E-state index contributed by atoms with van der Waals surface area (Å²) in [5, 5.41) is 0. The largest absolute Gasteiger partial charge is 0.459 e. The third-order valence-electron chi connectivity index (χ3n) is 2.57. The summed E-state index contributed by atoms with van der Waals surface area (Å²) in [5.41, 5.74) is -0.484. The van der Waals surface area contributed by atoms with Crippen LogP contribution in [0.15, 0.2) is 24.5 Å². The lowest BCUT2D eigenvalue weighted by Gasteiger charge is -2.26. The lowest BCUT2D eigenvalue weighted by molar-refractivity contribution is -0.174. The van der Waals surface area contributed by atoms with Gasteiger partial charge in [0.05, 0.1) is 0 Å². The predicted octanol–water partition coefficient (Wildman–Crippen LogP) is 2.92. The minimum absolute atomic E-state index is 0.229. The van der Waals surface area contributed by atoms with Crippen molar-refractivity contribution in [2.75, 3.05) is 0 Å². The second-order valence-corrected chi connectivity index (χ2v) is 7.18. The average molecular weight is 307 g/mol. The third-order valence-corrected chi connectivity index (χ3v) is 2.57. The minimum atomic E-state index is -0.985. The number of hydrogen-bond donors (Lipinski definition) is 0. The van der Waals surface area contributed by atoms with E-state index in [1.165, 1.54) is 0 Å². The van der Waals surface area contributed by atoms with Gasteiger partial charge in [-0.15, -0.1) is 0 Å². The van der Waals surface area contributed by atoms with Gasteiger partial charge in [-0.2, -0.15) is 0 Å². The number of carbonyl (C=O) groups is 2. The highest BCUT2D eigenvalue weighted by atomic mass is 16.6. The molecule has 0 aromatic carbocycles. The van der Waals surface area contributed by atoms with Gasteiger partial charge in [0, 0.05) is 12.4 Å². The zero-order chi connectivity index (χ0) is 17.0. The Kier molecular flexibility index (Phi) is 5.69. The Morgan fingerprint density at radius 1 is 0.955 bits per heavy atom. The van der Waals surface area contributed by atoms with Gasteiger partial charge in [0.15, 0.2) is 5.92 Å². The zero-order valence-electron chi connectivity index (χ0n) is 14.2. The van der Waals surface area contributed by atoms with E-state index >= 15 is 0 Å². The molecule has 0 saturated heterocycles. The Bertz CT molecular complexity index is 484. The fourth-order valence-electron chi connectivity index (χ4n) is 1.76. The second-order valence-electron chi connectivity index (χ2n) is 7.18. The molecule has 5 nitrogen and oxygen atoms in total. The quantitative estimate of drug-likeness (QED) is 0.632. The van der Waals surface area contributed by atoms with E-state index in [0.717, 1.165) is 5.56 Å². The van der Waals surface area contributed by atoms with Crippen molar-refractivity contribution in [3.63, 3.8) is 0 Å². The maximum Gasteiger partial charge on any atom is 0.321 e. The molecule has 0 spiro atoms. The van der Waals surface area contributed by atoms with Crippen LogP contribution in [0.25, 0.3) is 0 Å².